The molecule has 2 fully saturated rings. The minimum atomic E-state index is -1.06. The number of urea groups is 1. The topological polar surface area (TPSA) is 112 Å². The van der Waals surface area contributed by atoms with E-state index < -0.39 is 17.6 Å². The molecular formula is C29H38BrN5O4. The van der Waals surface area contributed by atoms with Gasteiger partial charge in [0.25, 0.3) is 0 Å². The normalized spacial score (nSPS) is 17.7. The van der Waals surface area contributed by atoms with Gasteiger partial charge in [-0.3, -0.25) is 14.5 Å². The Labute approximate surface area is 238 Å². The maximum atomic E-state index is 13.7. The van der Waals surface area contributed by atoms with Gasteiger partial charge in [0.15, 0.2) is 0 Å². The number of nitrogens with one attached hydrogen (secondary N) is 4. The van der Waals surface area contributed by atoms with E-state index in [2.05, 4.69) is 42.1 Å². The lowest BCUT2D eigenvalue weighted by molar-refractivity contribution is -0.132. The molecule has 0 unspecified atom stereocenters. The molecule has 2 aliphatic rings. The maximum absolute atomic E-state index is 13.7. The third-order valence-corrected chi connectivity index (χ3v) is 7.83. The molecule has 4 N–H and O–H groups in total. The molecule has 10 heteroatoms. The Kier molecular flexibility index (Phi) is 10.8. The van der Waals surface area contributed by atoms with Crippen LogP contribution in [-0.2, 0) is 20.7 Å². The lowest BCUT2D eigenvalue weighted by Gasteiger charge is -2.31. The predicted octanol–water partition coefficient (Wildman–Crippen LogP) is 3.45. The maximum Gasteiger partial charge on any atom is 0.320 e. The first-order valence-electron chi connectivity index (χ1n) is 13.7. The molecule has 1 saturated carbocycles. The number of halogens is 1. The highest BCUT2D eigenvalue weighted by Crippen LogP contribution is 2.30. The first-order chi connectivity index (χ1) is 18.9. The minimum Gasteiger partial charge on any atom is -0.379 e. The highest BCUT2D eigenvalue weighted by atomic mass is 79.9. The van der Waals surface area contributed by atoms with Crippen LogP contribution in [0.1, 0.15) is 37.7 Å². The molecule has 9 nitrogen and oxygen atoms in total. The van der Waals surface area contributed by atoms with Crippen LogP contribution < -0.4 is 21.3 Å². The van der Waals surface area contributed by atoms with E-state index in [-0.39, 0.29) is 11.8 Å². The van der Waals surface area contributed by atoms with Gasteiger partial charge in [0.2, 0.25) is 11.8 Å². The molecule has 1 saturated heterocycles. The molecule has 4 amide bonds. The van der Waals surface area contributed by atoms with Crippen molar-refractivity contribution in [3.05, 3.63) is 64.6 Å². The van der Waals surface area contributed by atoms with Crippen molar-refractivity contribution in [2.75, 3.05) is 44.7 Å². The van der Waals surface area contributed by atoms with E-state index in [9.17, 15) is 14.4 Å². The summed E-state index contributed by atoms with van der Waals surface area (Å²) in [5, 5.41) is 11.7. The number of hydrogen-bond donors (Lipinski definition) is 4. The third kappa shape index (κ3) is 8.78. The van der Waals surface area contributed by atoms with E-state index >= 15 is 0 Å². The Morgan fingerprint density at radius 2 is 1.67 bits per heavy atom. The molecule has 1 aliphatic heterocycles. The van der Waals surface area contributed by atoms with Gasteiger partial charge in [0, 0.05) is 36.2 Å². The van der Waals surface area contributed by atoms with Crippen molar-refractivity contribution < 1.29 is 19.1 Å². The van der Waals surface area contributed by atoms with Crippen molar-refractivity contribution in [2.45, 2.75) is 50.1 Å². The lowest BCUT2D eigenvalue weighted by atomic mass is 9.95. The van der Waals surface area contributed by atoms with Gasteiger partial charge in [0.1, 0.15) is 11.6 Å². The Morgan fingerprint density at radius 3 is 2.36 bits per heavy atom. The predicted molar refractivity (Wildman–Crippen MR) is 154 cm³/mol. The van der Waals surface area contributed by atoms with Gasteiger partial charge in [-0.15, -0.1) is 0 Å². The molecule has 0 radical (unpaired) electrons. The zero-order valence-corrected chi connectivity index (χ0v) is 23.8. The van der Waals surface area contributed by atoms with Gasteiger partial charge >= 0.3 is 6.03 Å². The van der Waals surface area contributed by atoms with Crippen LogP contribution in [0, 0.1) is 0 Å². The second-order valence-corrected chi connectivity index (χ2v) is 11.1. The summed E-state index contributed by atoms with van der Waals surface area (Å²) in [5.74, 6) is -0.544. The number of nitrogens with zero attached hydrogens (tertiary/aromatic N) is 1. The van der Waals surface area contributed by atoms with Crippen molar-refractivity contribution in [3.63, 3.8) is 0 Å². The zero-order chi connectivity index (χ0) is 27.5. The SMILES string of the molecule is O=C(Nc1ccc(Br)cc1)NC1(C(=O)N[C@H](Cc2ccccc2)C(=O)NCCCN2CCOCC2)CCCC1. The number of carbonyl (C=O) groups is 3. The molecule has 2 aromatic rings. The van der Waals surface area contributed by atoms with Crippen LogP contribution in [0.5, 0.6) is 0 Å². The van der Waals surface area contributed by atoms with E-state index in [1.54, 1.807) is 12.1 Å². The van der Waals surface area contributed by atoms with Crippen molar-refractivity contribution in [2.24, 2.45) is 0 Å². The Morgan fingerprint density at radius 1 is 0.974 bits per heavy atom. The highest BCUT2D eigenvalue weighted by molar-refractivity contribution is 9.10. The first-order valence-corrected chi connectivity index (χ1v) is 14.5. The van der Waals surface area contributed by atoms with Gasteiger partial charge < -0.3 is 26.0 Å². The van der Waals surface area contributed by atoms with Gasteiger partial charge in [-0.25, -0.2) is 4.79 Å². The number of hydrogen-bond acceptors (Lipinski definition) is 5. The molecule has 2 aromatic carbocycles. The van der Waals surface area contributed by atoms with Crippen LogP contribution in [0.3, 0.4) is 0 Å². The van der Waals surface area contributed by atoms with Gasteiger partial charge in [-0.05, 0) is 55.6 Å². The lowest BCUT2D eigenvalue weighted by Crippen LogP contribution is -2.61. The van der Waals surface area contributed by atoms with Crippen LogP contribution in [0.2, 0.25) is 0 Å². The number of benzene rings is 2. The number of carbonyl (C=O) groups excluding carboxylic acids is 3. The number of anilines is 1. The molecule has 0 spiro atoms. The molecule has 0 bridgehead atoms. The molecule has 1 atom stereocenters. The van der Waals surface area contributed by atoms with E-state index in [0.717, 1.165) is 62.1 Å². The summed E-state index contributed by atoms with van der Waals surface area (Å²) in [5.41, 5.74) is 0.515. The summed E-state index contributed by atoms with van der Waals surface area (Å²) in [6.45, 7) is 4.72. The summed E-state index contributed by atoms with van der Waals surface area (Å²) >= 11 is 3.39. The minimum absolute atomic E-state index is 0.221. The number of ether oxygens (including phenoxy) is 1. The smallest absolute Gasteiger partial charge is 0.320 e. The number of morpholine rings is 1. The molecule has 0 aromatic heterocycles. The summed E-state index contributed by atoms with van der Waals surface area (Å²) in [6.07, 6.45) is 3.87. The van der Waals surface area contributed by atoms with E-state index in [1.807, 2.05) is 42.5 Å². The quantitative estimate of drug-likeness (QED) is 0.296. The monoisotopic (exact) mass is 599 g/mol. The van der Waals surface area contributed by atoms with Crippen molar-refractivity contribution in [1.82, 2.24) is 20.9 Å². The molecular weight excluding hydrogens is 562 g/mol. The van der Waals surface area contributed by atoms with Crippen LogP contribution in [0.15, 0.2) is 59.1 Å². The highest BCUT2D eigenvalue weighted by Gasteiger charge is 2.43. The summed E-state index contributed by atoms with van der Waals surface area (Å²) < 4.78 is 6.30. The van der Waals surface area contributed by atoms with Gasteiger partial charge in [0.05, 0.1) is 13.2 Å². The summed E-state index contributed by atoms with van der Waals surface area (Å²) in [6, 6.07) is 15.7. The second-order valence-electron chi connectivity index (χ2n) is 10.2. The van der Waals surface area contributed by atoms with Crippen molar-refractivity contribution >= 4 is 39.5 Å². The van der Waals surface area contributed by atoms with E-state index in [4.69, 9.17) is 4.74 Å². The van der Waals surface area contributed by atoms with Crippen LogP contribution in [0.25, 0.3) is 0 Å². The fraction of sp³-hybridized carbons (Fsp3) is 0.483. The van der Waals surface area contributed by atoms with E-state index in [0.29, 0.717) is 31.5 Å². The van der Waals surface area contributed by atoms with E-state index in [1.165, 1.54) is 0 Å². The zero-order valence-electron chi connectivity index (χ0n) is 22.2. The third-order valence-electron chi connectivity index (χ3n) is 7.31. The second kappa shape index (κ2) is 14.4. The molecule has 1 heterocycles. The average molecular weight is 601 g/mol. The van der Waals surface area contributed by atoms with Crippen molar-refractivity contribution in [1.29, 1.82) is 0 Å². The summed E-state index contributed by atoms with van der Waals surface area (Å²) in [4.78, 5) is 42.2. The Balaban J connectivity index is 1.38. The largest absolute Gasteiger partial charge is 0.379 e. The Hall–Kier alpha value is -2.95. The van der Waals surface area contributed by atoms with Crippen LogP contribution >= 0.6 is 15.9 Å². The molecule has 4 rings (SSSR count). The standard InChI is InChI=1S/C29H38BrN5O4/c30-23-9-11-24(12-10-23)32-28(38)34-29(13-4-5-14-29)27(37)33-25(21-22-7-2-1-3-8-22)26(36)31-15-6-16-35-17-19-39-20-18-35/h1-3,7-12,25H,4-6,13-21H2,(H,31,36)(H,33,37)(H2,32,34,38)/t25-/m1/s1. The molecule has 39 heavy (non-hydrogen) atoms. The molecule has 210 valence electrons. The number of rotatable bonds is 11. The fourth-order valence-electron chi connectivity index (χ4n) is 5.12. The van der Waals surface area contributed by atoms with Gasteiger partial charge in [-0.2, -0.15) is 0 Å². The summed E-state index contributed by atoms with van der Waals surface area (Å²) in [7, 11) is 0. The fourth-order valence-corrected chi connectivity index (χ4v) is 5.38. The molecule has 1 aliphatic carbocycles. The average Bonchev–Trinajstić information content (AvgIpc) is 3.42. The van der Waals surface area contributed by atoms with Crippen molar-refractivity contribution in [3.8, 4) is 0 Å². The first kappa shape index (κ1) is 29.0. The van der Waals surface area contributed by atoms with Crippen LogP contribution in [-0.4, -0.2) is 73.7 Å². The number of amides is 4. The van der Waals surface area contributed by atoms with Crippen LogP contribution in [0.4, 0.5) is 10.5 Å². The Bertz CT molecular complexity index is 1090. The van der Waals surface area contributed by atoms with Gasteiger partial charge in [-0.1, -0.05) is 59.1 Å².